The lowest BCUT2D eigenvalue weighted by molar-refractivity contribution is -0.137. The summed E-state index contributed by atoms with van der Waals surface area (Å²) in [7, 11) is 2.85. The Balaban J connectivity index is 2.36. The Morgan fingerprint density at radius 3 is 2.38 bits per heavy atom. The lowest BCUT2D eigenvalue weighted by Crippen LogP contribution is -2.07. The summed E-state index contributed by atoms with van der Waals surface area (Å²) in [6, 6.07) is 9.70. The van der Waals surface area contributed by atoms with E-state index in [1.165, 1.54) is 38.5 Å². The number of methoxy groups -OCH3 is 2. The summed E-state index contributed by atoms with van der Waals surface area (Å²) < 4.78 is 49.0. The predicted octanol–water partition coefficient (Wildman–Crippen LogP) is 4.62. The molecule has 2 rings (SSSR count). The van der Waals surface area contributed by atoms with Gasteiger partial charge in [0.05, 0.1) is 25.3 Å². The molecule has 0 spiro atoms. The fourth-order valence-corrected chi connectivity index (χ4v) is 2.16. The highest BCUT2D eigenvalue weighted by Crippen LogP contribution is 2.32. The lowest BCUT2D eigenvalue weighted by Gasteiger charge is -2.10. The van der Waals surface area contributed by atoms with Crippen molar-refractivity contribution in [1.29, 1.82) is 0 Å². The quantitative estimate of drug-likeness (QED) is 0.590. The first-order valence-electron chi connectivity index (χ1n) is 6.97. The van der Waals surface area contributed by atoms with Gasteiger partial charge in [0.1, 0.15) is 11.5 Å². The van der Waals surface area contributed by atoms with Crippen LogP contribution in [0, 0.1) is 0 Å². The Bertz CT molecular complexity index is 764. The number of halogens is 3. The summed E-state index contributed by atoms with van der Waals surface area (Å²) in [6.07, 6.45) is -2.26. The molecule has 0 aliphatic rings. The number of ether oxygens (including phenoxy) is 2. The molecule has 0 saturated carbocycles. The first kappa shape index (κ1) is 17.6. The standard InChI is InChI=1S/C18H15F3O3/c1-23-13-8-10-17(24-2)14(11-13)16(22)9-7-12-5-3-4-6-15(12)18(19,20)21/h3-11H,1-2H3. The molecule has 6 heteroatoms. The molecule has 0 amide bonds. The molecule has 0 N–H and O–H groups in total. The van der Waals surface area contributed by atoms with Gasteiger partial charge in [0.2, 0.25) is 0 Å². The number of rotatable bonds is 5. The van der Waals surface area contributed by atoms with Gasteiger partial charge in [-0.1, -0.05) is 24.3 Å². The van der Waals surface area contributed by atoms with Gasteiger partial charge in [-0.25, -0.2) is 0 Å². The van der Waals surface area contributed by atoms with E-state index < -0.39 is 17.5 Å². The molecule has 3 nitrogen and oxygen atoms in total. The van der Waals surface area contributed by atoms with Crippen LogP contribution < -0.4 is 9.47 Å². The van der Waals surface area contributed by atoms with Crippen LogP contribution in [0.25, 0.3) is 6.08 Å². The van der Waals surface area contributed by atoms with E-state index in [0.29, 0.717) is 11.5 Å². The number of hydrogen-bond donors (Lipinski definition) is 0. The highest BCUT2D eigenvalue weighted by molar-refractivity contribution is 6.09. The number of hydrogen-bond acceptors (Lipinski definition) is 3. The summed E-state index contributed by atoms with van der Waals surface area (Å²) in [6.45, 7) is 0. The zero-order chi connectivity index (χ0) is 17.7. The van der Waals surface area contributed by atoms with Gasteiger partial charge >= 0.3 is 6.18 Å². The highest BCUT2D eigenvalue weighted by Gasteiger charge is 2.32. The number of benzene rings is 2. The van der Waals surface area contributed by atoms with Crippen molar-refractivity contribution in [2.24, 2.45) is 0 Å². The third kappa shape index (κ3) is 3.95. The van der Waals surface area contributed by atoms with Gasteiger partial charge in [0.25, 0.3) is 0 Å². The van der Waals surface area contributed by atoms with Crippen LogP contribution in [0.15, 0.2) is 48.5 Å². The summed E-state index contributed by atoms with van der Waals surface area (Å²) in [5.74, 6) is 0.278. The van der Waals surface area contributed by atoms with Crippen LogP contribution in [-0.2, 0) is 6.18 Å². The second-order valence-electron chi connectivity index (χ2n) is 4.85. The largest absolute Gasteiger partial charge is 0.497 e. The van der Waals surface area contributed by atoms with E-state index in [1.807, 2.05) is 0 Å². The smallest absolute Gasteiger partial charge is 0.416 e. The van der Waals surface area contributed by atoms with E-state index in [-0.39, 0.29) is 11.1 Å². The maximum absolute atomic E-state index is 13.0. The zero-order valence-corrected chi connectivity index (χ0v) is 13.1. The van der Waals surface area contributed by atoms with Crippen LogP contribution in [0.3, 0.4) is 0 Å². The maximum atomic E-state index is 13.0. The van der Waals surface area contributed by atoms with Crippen LogP contribution in [0.2, 0.25) is 0 Å². The molecule has 24 heavy (non-hydrogen) atoms. The normalized spacial score (nSPS) is 11.5. The molecule has 0 heterocycles. The van der Waals surface area contributed by atoms with Gasteiger partial charge in [-0.2, -0.15) is 13.2 Å². The molecule has 0 aliphatic heterocycles. The van der Waals surface area contributed by atoms with Gasteiger partial charge in [-0.05, 0) is 35.9 Å². The molecular formula is C18H15F3O3. The predicted molar refractivity (Wildman–Crippen MR) is 84.4 cm³/mol. The molecule has 0 atom stereocenters. The summed E-state index contributed by atoms with van der Waals surface area (Å²) in [4.78, 5) is 12.3. The first-order valence-corrected chi connectivity index (χ1v) is 6.97. The van der Waals surface area contributed by atoms with Gasteiger partial charge < -0.3 is 9.47 Å². The van der Waals surface area contributed by atoms with Crippen LogP contribution in [0.1, 0.15) is 21.5 Å². The first-order chi connectivity index (χ1) is 11.4. The second kappa shape index (κ2) is 7.21. The Morgan fingerprint density at radius 1 is 1.04 bits per heavy atom. The molecular weight excluding hydrogens is 321 g/mol. The van der Waals surface area contributed by atoms with E-state index in [2.05, 4.69) is 0 Å². The molecule has 0 aliphatic carbocycles. The van der Waals surface area contributed by atoms with Crippen molar-refractivity contribution in [2.75, 3.05) is 14.2 Å². The van der Waals surface area contributed by atoms with E-state index in [0.717, 1.165) is 18.2 Å². The van der Waals surface area contributed by atoms with Gasteiger partial charge in [-0.15, -0.1) is 0 Å². The van der Waals surface area contributed by atoms with Crippen molar-refractivity contribution in [3.05, 3.63) is 65.2 Å². The van der Waals surface area contributed by atoms with Crippen molar-refractivity contribution in [2.45, 2.75) is 6.18 Å². The molecule has 0 unspecified atom stereocenters. The number of ketones is 1. The molecule has 126 valence electrons. The topological polar surface area (TPSA) is 35.5 Å². The number of allylic oxidation sites excluding steroid dienone is 1. The minimum atomic E-state index is -4.49. The van der Waals surface area contributed by atoms with Crippen molar-refractivity contribution >= 4 is 11.9 Å². The third-order valence-electron chi connectivity index (χ3n) is 3.35. The van der Waals surface area contributed by atoms with Crippen LogP contribution in [0.5, 0.6) is 11.5 Å². The Kier molecular flexibility index (Phi) is 5.28. The summed E-state index contributed by atoms with van der Waals surface area (Å²) >= 11 is 0. The molecule has 0 saturated heterocycles. The van der Waals surface area contributed by atoms with E-state index >= 15 is 0 Å². The Hall–Kier alpha value is -2.76. The molecule has 0 bridgehead atoms. The van der Waals surface area contributed by atoms with E-state index in [4.69, 9.17) is 9.47 Å². The molecule has 2 aromatic rings. The van der Waals surface area contributed by atoms with Crippen molar-refractivity contribution in [3.63, 3.8) is 0 Å². The molecule has 2 aromatic carbocycles. The fourth-order valence-electron chi connectivity index (χ4n) is 2.16. The zero-order valence-electron chi connectivity index (χ0n) is 13.1. The van der Waals surface area contributed by atoms with Crippen molar-refractivity contribution in [3.8, 4) is 11.5 Å². The van der Waals surface area contributed by atoms with Crippen LogP contribution in [0.4, 0.5) is 13.2 Å². The van der Waals surface area contributed by atoms with Crippen molar-refractivity contribution in [1.82, 2.24) is 0 Å². The summed E-state index contributed by atoms with van der Waals surface area (Å²) in [5.41, 5.74) is -0.676. The van der Waals surface area contributed by atoms with Gasteiger partial charge in [0, 0.05) is 0 Å². The van der Waals surface area contributed by atoms with Gasteiger partial charge in [-0.3, -0.25) is 4.79 Å². The second-order valence-corrected chi connectivity index (χ2v) is 4.85. The molecule has 0 fully saturated rings. The van der Waals surface area contributed by atoms with Crippen LogP contribution >= 0.6 is 0 Å². The summed E-state index contributed by atoms with van der Waals surface area (Å²) in [5, 5.41) is 0. The highest BCUT2D eigenvalue weighted by atomic mass is 19.4. The van der Waals surface area contributed by atoms with E-state index in [9.17, 15) is 18.0 Å². The minimum Gasteiger partial charge on any atom is -0.497 e. The van der Waals surface area contributed by atoms with Crippen molar-refractivity contribution < 1.29 is 27.4 Å². The number of alkyl halides is 3. The number of carbonyl (C=O) groups excluding carboxylic acids is 1. The third-order valence-corrected chi connectivity index (χ3v) is 3.35. The molecule has 0 aromatic heterocycles. The SMILES string of the molecule is COc1ccc(OC)c(C(=O)C=Cc2ccccc2C(F)(F)F)c1. The average Bonchev–Trinajstić information content (AvgIpc) is 2.58. The number of carbonyl (C=O) groups is 1. The minimum absolute atomic E-state index is 0.0831. The fraction of sp³-hybridized carbons (Fsp3) is 0.167. The Labute approximate surface area is 137 Å². The monoisotopic (exact) mass is 336 g/mol. The average molecular weight is 336 g/mol. The van der Waals surface area contributed by atoms with E-state index in [1.54, 1.807) is 12.1 Å². The van der Waals surface area contributed by atoms with Gasteiger partial charge in [0.15, 0.2) is 5.78 Å². The lowest BCUT2D eigenvalue weighted by atomic mass is 10.0. The Morgan fingerprint density at radius 2 is 1.75 bits per heavy atom. The maximum Gasteiger partial charge on any atom is 0.416 e. The van der Waals surface area contributed by atoms with Crippen LogP contribution in [-0.4, -0.2) is 20.0 Å². The molecule has 0 radical (unpaired) electrons.